The average molecular weight is 377 g/mol. The monoisotopic (exact) mass is 376 g/mol. The molecule has 3 nitrogen and oxygen atoms in total. The topological polar surface area (TPSA) is 25.2 Å². The highest BCUT2D eigenvalue weighted by Crippen LogP contribution is 2.51. The molecule has 0 radical (unpaired) electrons. The quantitative estimate of drug-likeness (QED) is 0.679. The largest absolute Gasteiger partial charge is 0.332 e. The van der Waals surface area contributed by atoms with E-state index >= 15 is 0 Å². The van der Waals surface area contributed by atoms with Gasteiger partial charge in [0, 0.05) is 24.5 Å². The Labute approximate surface area is 159 Å². The SMILES string of the molecule is CC(C)(C(=O)CCC1(CN2CCC2)CC1)n1ccc2c(Cl)ccc(F)c21. The van der Waals surface area contributed by atoms with Gasteiger partial charge in [0.2, 0.25) is 0 Å². The summed E-state index contributed by atoms with van der Waals surface area (Å²) in [5, 5.41) is 1.17. The van der Waals surface area contributed by atoms with E-state index in [4.69, 9.17) is 11.6 Å². The van der Waals surface area contributed by atoms with Crippen molar-refractivity contribution in [3.05, 3.63) is 35.2 Å². The molecule has 0 atom stereocenters. The van der Waals surface area contributed by atoms with Crippen LogP contribution in [0.15, 0.2) is 24.4 Å². The van der Waals surface area contributed by atoms with Gasteiger partial charge in [0.25, 0.3) is 0 Å². The van der Waals surface area contributed by atoms with E-state index in [1.165, 1.54) is 38.4 Å². The van der Waals surface area contributed by atoms with Gasteiger partial charge in [-0.15, -0.1) is 0 Å². The van der Waals surface area contributed by atoms with E-state index in [1.807, 2.05) is 13.8 Å². The molecule has 2 aliphatic rings. The molecule has 140 valence electrons. The van der Waals surface area contributed by atoms with Crippen LogP contribution in [0, 0.1) is 11.2 Å². The van der Waals surface area contributed by atoms with Gasteiger partial charge in [-0.2, -0.15) is 0 Å². The Morgan fingerprint density at radius 1 is 1.27 bits per heavy atom. The van der Waals surface area contributed by atoms with Crippen LogP contribution in [0.2, 0.25) is 5.02 Å². The number of fused-ring (bicyclic) bond motifs is 1. The Bertz CT molecular complexity index is 849. The van der Waals surface area contributed by atoms with Gasteiger partial charge in [-0.1, -0.05) is 11.6 Å². The lowest BCUT2D eigenvalue weighted by atomic mass is 9.89. The molecular formula is C21H26ClFN2O. The fraction of sp³-hybridized carbons (Fsp3) is 0.571. The summed E-state index contributed by atoms with van der Waals surface area (Å²) in [7, 11) is 0. The van der Waals surface area contributed by atoms with Crippen molar-refractivity contribution in [2.24, 2.45) is 5.41 Å². The minimum absolute atomic E-state index is 0.157. The summed E-state index contributed by atoms with van der Waals surface area (Å²) >= 11 is 6.20. The number of hydrogen-bond donors (Lipinski definition) is 0. The lowest BCUT2D eigenvalue weighted by Crippen LogP contribution is -2.41. The van der Waals surface area contributed by atoms with Crippen LogP contribution in [-0.4, -0.2) is 34.9 Å². The number of Topliss-reactive ketones (excluding diaryl/α,β-unsaturated/α-hetero) is 1. The van der Waals surface area contributed by atoms with Crippen molar-refractivity contribution < 1.29 is 9.18 Å². The van der Waals surface area contributed by atoms with Crippen LogP contribution in [0.3, 0.4) is 0 Å². The molecule has 0 N–H and O–H groups in total. The molecule has 1 aliphatic carbocycles. The summed E-state index contributed by atoms with van der Waals surface area (Å²) in [6.07, 6.45) is 7.03. The van der Waals surface area contributed by atoms with E-state index in [1.54, 1.807) is 22.9 Å². The number of aromatic nitrogens is 1. The van der Waals surface area contributed by atoms with Crippen molar-refractivity contribution in [3.63, 3.8) is 0 Å². The number of likely N-dealkylation sites (tertiary alicyclic amines) is 1. The molecule has 0 amide bonds. The molecule has 4 rings (SSSR count). The van der Waals surface area contributed by atoms with E-state index in [-0.39, 0.29) is 11.6 Å². The number of carbonyl (C=O) groups excluding carboxylic acids is 1. The second-order valence-electron chi connectivity index (χ2n) is 8.59. The van der Waals surface area contributed by atoms with E-state index in [0.717, 1.165) is 13.0 Å². The predicted octanol–water partition coefficient (Wildman–Crippen LogP) is 5.00. The molecule has 2 fully saturated rings. The van der Waals surface area contributed by atoms with Gasteiger partial charge in [-0.25, -0.2) is 4.39 Å². The molecule has 1 aromatic heterocycles. The Kier molecular flexibility index (Phi) is 4.39. The highest BCUT2D eigenvalue weighted by molar-refractivity contribution is 6.35. The van der Waals surface area contributed by atoms with Gasteiger partial charge in [0.15, 0.2) is 5.78 Å². The van der Waals surface area contributed by atoms with Gasteiger partial charge >= 0.3 is 0 Å². The van der Waals surface area contributed by atoms with Crippen LogP contribution >= 0.6 is 11.6 Å². The zero-order valence-electron chi connectivity index (χ0n) is 15.5. The first-order chi connectivity index (χ1) is 12.3. The van der Waals surface area contributed by atoms with Gasteiger partial charge in [0.1, 0.15) is 5.82 Å². The fourth-order valence-electron chi connectivity index (χ4n) is 4.15. The molecule has 0 spiro atoms. The second kappa shape index (κ2) is 6.35. The first-order valence-corrected chi connectivity index (χ1v) is 9.91. The van der Waals surface area contributed by atoms with Crippen LogP contribution in [0.25, 0.3) is 10.9 Å². The first kappa shape index (κ1) is 18.0. The standard InChI is InChI=1S/C21H26ClFN2O/c1-20(2,25-13-7-15-16(22)4-5-17(23)19(15)25)18(26)6-8-21(9-10-21)14-24-11-3-12-24/h4-5,7,13H,3,6,8-12,14H2,1-2H3. The molecule has 0 bridgehead atoms. The molecule has 1 saturated carbocycles. The van der Waals surface area contributed by atoms with Gasteiger partial charge in [-0.3, -0.25) is 4.79 Å². The number of nitrogens with zero attached hydrogens (tertiary/aromatic N) is 2. The summed E-state index contributed by atoms with van der Waals surface area (Å²) < 4.78 is 16.2. The summed E-state index contributed by atoms with van der Waals surface area (Å²) in [6, 6.07) is 4.72. The van der Waals surface area contributed by atoms with Crippen LogP contribution in [-0.2, 0) is 10.3 Å². The van der Waals surface area contributed by atoms with Crippen molar-refractivity contribution in [2.45, 2.75) is 51.5 Å². The molecule has 1 aromatic carbocycles. The van der Waals surface area contributed by atoms with Crippen LogP contribution in [0.4, 0.5) is 4.39 Å². The summed E-state index contributed by atoms with van der Waals surface area (Å²) in [4.78, 5) is 15.6. The third kappa shape index (κ3) is 3.07. The number of rotatable bonds is 7. The summed E-state index contributed by atoms with van der Waals surface area (Å²) in [5.74, 6) is -0.184. The fourth-order valence-corrected chi connectivity index (χ4v) is 4.36. The number of carbonyl (C=O) groups is 1. The molecule has 0 unspecified atom stereocenters. The summed E-state index contributed by atoms with van der Waals surface area (Å²) in [5.41, 5.74) is -0.0304. The van der Waals surface area contributed by atoms with Crippen LogP contribution in [0.5, 0.6) is 0 Å². The van der Waals surface area contributed by atoms with Crippen molar-refractivity contribution in [1.82, 2.24) is 9.47 Å². The van der Waals surface area contributed by atoms with Gasteiger partial charge < -0.3 is 9.47 Å². The predicted molar refractivity (Wildman–Crippen MR) is 103 cm³/mol. The van der Waals surface area contributed by atoms with E-state index < -0.39 is 5.54 Å². The van der Waals surface area contributed by atoms with Crippen LogP contribution in [0.1, 0.15) is 46.0 Å². The van der Waals surface area contributed by atoms with Crippen molar-refractivity contribution >= 4 is 28.3 Å². The smallest absolute Gasteiger partial charge is 0.158 e. The third-order valence-electron chi connectivity index (χ3n) is 6.38. The van der Waals surface area contributed by atoms with E-state index in [2.05, 4.69) is 4.90 Å². The number of ketones is 1. The number of hydrogen-bond acceptors (Lipinski definition) is 2. The maximum Gasteiger partial charge on any atom is 0.158 e. The Morgan fingerprint density at radius 3 is 2.62 bits per heavy atom. The summed E-state index contributed by atoms with van der Waals surface area (Å²) in [6.45, 7) is 7.30. The van der Waals surface area contributed by atoms with Gasteiger partial charge in [0.05, 0.1) is 16.1 Å². The van der Waals surface area contributed by atoms with Crippen molar-refractivity contribution in [3.8, 4) is 0 Å². The van der Waals surface area contributed by atoms with Crippen molar-refractivity contribution in [2.75, 3.05) is 19.6 Å². The average Bonchev–Trinajstić information content (AvgIpc) is 3.17. The molecular weight excluding hydrogens is 351 g/mol. The molecule has 5 heteroatoms. The normalized spacial score (nSPS) is 19.5. The lowest BCUT2D eigenvalue weighted by Gasteiger charge is -2.35. The maximum absolute atomic E-state index is 14.4. The molecule has 2 heterocycles. The minimum Gasteiger partial charge on any atom is -0.332 e. The second-order valence-corrected chi connectivity index (χ2v) is 9.00. The minimum atomic E-state index is -0.792. The highest BCUT2D eigenvalue weighted by Gasteiger charge is 2.45. The first-order valence-electron chi connectivity index (χ1n) is 9.54. The Morgan fingerprint density at radius 2 is 2.00 bits per heavy atom. The molecule has 26 heavy (non-hydrogen) atoms. The zero-order valence-corrected chi connectivity index (χ0v) is 16.3. The third-order valence-corrected chi connectivity index (χ3v) is 6.71. The van der Waals surface area contributed by atoms with E-state index in [9.17, 15) is 9.18 Å². The zero-order chi connectivity index (χ0) is 18.5. The maximum atomic E-state index is 14.4. The molecule has 1 saturated heterocycles. The Balaban J connectivity index is 1.51. The molecule has 2 aromatic rings. The van der Waals surface area contributed by atoms with Crippen molar-refractivity contribution in [1.29, 1.82) is 0 Å². The van der Waals surface area contributed by atoms with E-state index in [0.29, 0.717) is 27.8 Å². The number of halogens is 2. The lowest BCUT2D eigenvalue weighted by molar-refractivity contribution is -0.126. The molecule has 1 aliphatic heterocycles. The van der Waals surface area contributed by atoms with Crippen LogP contribution < -0.4 is 0 Å². The highest BCUT2D eigenvalue weighted by atomic mass is 35.5. The van der Waals surface area contributed by atoms with Gasteiger partial charge in [-0.05, 0) is 76.2 Å². The Hall–Kier alpha value is -1.39. The number of benzene rings is 1.